The van der Waals surface area contributed by atoms with Crippen molar-refractivity contribution in [2.24, 2.45) is 0 Å². The van der Waals surface area contributed by atoms with Crippen molar-refractivity contribution >= 4 is 28.2 Å². The maximum absolute atomic E-state index is 12.2. The highest BCUT2D eigenvalue weighted by atomic mass is 32.1. The lowest BCUT2D eigenvalue weighted by Crippen LogP contribution is -2.36. The quantitative estimate of drug-likeness (QED) is 0.891. The summed E-state index contributed by atoms with van der Waals surface area (Å²) in [5.41, 5.74) is 1.12. The number of hydrogen-bond donors (Lipinski definition) is 1. The number of nitrogens with zero attached hydrogens (tertiary/aromatic N) is 2. The van der Waals surface area contributed by atoms with Gasteiger partial charge in [-0.15, -0.1) is 0 Å². The van der Waals surface area contributed by atoms with Crippen LogP contribution in [0.15, 0.2) is 24.3 Å². The molecule has 138 valence electrons. The van der Waals surface area contributed by atoms with Gasteiger partial charge in [-0.1, -0.05) is 23.5 Å². The van der Waals surface area contributed by atoms with Crippen LogP contribution >= 0.6 is 11.3 Å². The van der Waals surface area contributed by atoms with Crippen LogP contribution in [0.25, 0.3) is 0 Å². The van der Waals surface area contributed by atoms with Gasteiger partial charge in [0.25, 0.3) is 0 Å². The standard InChI is InChI=1S/C19H23N3O3S/c1-12(2)25-14-5-3-13(4-6-14)15-11-16(23)20-18-17(15)26-19(21-18)22-7-9-24-10-8-22/h3-6,12,15H,7-11H2,1-2H3,(H,20,23)/t15-/m0/s1. The molecule has 0 spiro atoms. The summed E-state index contributed by atoms with van der Waals surface area (Å²) >= 11 is 1.67. The lowest BCUT2D eigenvalue weighted by atomic mass is 9.91. The third-order valence-corrected chi connectivity index (χ3v) is 5.77. The smallest absolute Gasteiger partial charge is 0.226 e. The summed E-state index contributed by atoms with van der Waals surface area (Å²) < 4.78 is 11.1. The molecule has 2 aliphatic rings. The average Bonchev–Trinajstić information content (AvgIpc) is 3.06. The summed E-state index contributed by atoms with van der Waals surface area (Å²) in [5.74, 6) is 1.62. The van der Waals surface area contributed by atoms with Gasteiger partial charge in [0.1, 0.15) is 11.6 Å². The van der Waals surface area contributed by atoms with E-state index in [-0.39, 0.29) is 17.9 Å². The number of hydrogen-bond acceptors (Lipinski definition) is 6. The average molecular weight is 373 g/mol. The first-order valence-corrected chi connectivity index (χ1v) is 9.81. The zero-order chi connectivity index (χ0) is 18.1. The Kier molecular flexibility index (Phi) is 4.82. The lowest BCUT2D eigenvalue weighted by molar-refractivity contribution is -0.116. The molecule has 1 amide bonds. The number of morpholine rings is 1. The number of thiazole rings is 1. The van der Waals surface area contributed by atoms with Crippen LogP contribution in [0.5, 0.6) is 5.75 Å². The van der Waals surface area contributed by atoms with Crippen molar-refractivity contribution in [3.63, 3.8) is 0 Å². The highest BCUT2D eigenvalue weighted by Crippen LogP contribution is 2.43. The number of carbonyl (C=O) groups excluding carboxylic acids is 1. The minimum absolute atomic E-state index is 0.0174. The maximum atomic E-state index is 12.2. The summed E-state index contributed by atoms with van der Waals surface area (Å²) in [7, 11) is 0. The third-order valence-electron chi connectivity index (χ3n) is 4.54. The summed E-state index contributed by atoms with van der Waals surface area (Å²) in [6.45, 7) is 7.14. The molecule has 4 rings (SSSR count). The highest BCUT2D eigenvalue weighted by molar-refractivity contribution is 7.16. The van der Waals surface area contributed by atoms with Crippen molar-refractivity contribution in [2.75, 3.05) is 36.5 Å². The highest BCUT2D eigenvalue weighted by Gasteiger charge is 2.31. The SMILES string of the molecule is CC(C)Oc1ccc([C@@H]2CC(=O)Nc3nc(N4CCOCC4)sc32)cc1. The Morgan fingerprint density at radius 2 is 2.00 bits per heavy atom. The predicted molar refractivity (Wildman–Crippen MR) is 102 cm³/mol. The van der Waals surface area contributed by atoms with Crippen molar-refractivity contribution in [3.05, 3.63) is 34.7 Å². The molecule has 0 saturated carbocycles. The molecule has 1 saturated heterocycles. The number of amides is 1. The summed E-state index contributed by atoms with van der Waals surface area (Å²) in [6.07, 6.45) is 0.591. The molecule has 2 aliphatic heterocycles. The molecule has 1 aromatic heterocycles. The molecule has 2 aromatic rings. The minimum Gasteiger partial charge on any atom is -0.491 e. The molecule has 26 heavy (non-hydrogen) atoms. The number of rotatable bonds is 4. The fourth-order valence-electron chi connectivity index (χ4n) is 3.32. The van der Waals surface area contributed by atoms with Crippen LogP contribution in [0.1, 0.15) is 36.6 Å². The number of nitrogens with one attached hydrogen (secondary N) is 1. The molecule has 0 aliphatic carbocycles. The van der Waals surface area contributed by atoms with Gasteiger partial charge in [0.2, 0.25) is 5.91 Å². The van der Waals surface area contributed by atoms with Crippen LogP contribution in [-0.4, -0.2) is 43.3 Å². The van der Waals surface area contributed by atoms with Gasteiger partial charge in [0.05, 0.1) is 24.2 Å². The van der Waals surface area contributed by atoms with Crippen LogP contribution < -0.4 is 15.0 Å². The van der Waals surface area contributed by atoms with E-state index in [4.69, 9.17) is 9.47 Å². The Morgan fingerprint density at radius 1 is 1.27 bits per heavy atom. The van der Waals surface area contributed by atoms with Gasteiger partial charge in [0, 0.05) is 25.4 Å². The Morgan fingerprint density at radius 3 is 2.69 bits per heavy atom. The topological polar surface area (TPSA) is 63.7 Å². The predicted octanol–water partition coefficient (Wildman–Crippen LogP) is 3.24. The lowest BCUT2D eigenvalue weighted by Gasteiger charge is -2.26. The minimum atomic E-state index is 0.0174. The second-order valence-corrected chi connectivity index (χ2v) is 7.86. The van der Waals surface area contributed by atoms with E-state index in [9.17, 15) is 4.79 Å². The van der Waals surface area contributed by atoms with Gasteiger partial charge >= 0.3 is 0 Å². The first kappa shape index (κ1) is 17.3. The largest absolute Gasteiger partial charge is 0.491 e. The first-order valence-electron chi connectivity index (χ1n) is 9.00. The summed E-state index contributed by atoms with van der Waals surface area (Å²) in [6, 6.07) is 8.06. The van der Waals surface area contributed by atoms with Crippen molar-refractivity contribution in [3.8, 4) is 5.75 Å². The van der Waals surface area contributed by atoms with Crippen LogP contribution in [-0.2, 0) is 9.53 Å². The molecule has 1 aromatic carbocycles. The van der Waals surface area contributed by atoms with E-state index in [1.165, 1.54) is 0 Å². The van der Waals surface area contributed by atoms with Crippen molar-refractivity contribution in [1.29, 1.82) is 0 Å². The number of benzene rings is 1. The van der Waals surface area contributed by atoms with Crippen LogP contribution in [0.4, 0.5) is 10.9 Å². The molecule has 3 heterocycles. The molecule has 0 unspecified atom stereocenters. The number of fused-ring (bicyclic) bond motifs is 1. The van der Waals surface area contributed by atoms with Gasteiger partial charge in [-0.2, -0.15) is 0 Å². The molecule has 1 fully saturated rings. The Balaban J connectivity index is 1.61. The van der Waals surface area contributed by atoms with Crippen molar-refractivity contribution < 1.29 is 14.3 Å². The van der Waals surface area contributed by atoms with Gasteiger partial charge in [-0.25, -0.2) is 4.98 Å². The van der Waals surface area contributed by atoms with E-state index in [1.807, 2.05) is 26.0 Å². The molecule has 1 atom stereocenters. The number of ether oxygens (including phenoxy) is 2. The van der Waals surface area contributed by atoms with Crippen LogP contribution in [0, 0.1) is 0 Å². The fourth-order valence-corrected chi connectivity index (χ4v) is 4.52. The molecule has 0 bridgehead atoms. The second-order valence-electron chi connectivity index (χ2n) is 6.85. The van der Waals surface area contributed by atoms with E-state index >= 15 is 0 Å². The molecule has 1 N–H and O–H groups in total. The summed E-state index contributed by atoms with van der Waals surface area (Å²) in [5, 5.41) is 3.90. The third kappa shape index (κ3) is 3.54. The van der Waals surface area contributed by atoms with Crippen molar-refractivity contribution in [1.82, 2.24) is 4.98 Å². The van der Waals surface area contributed by atoms with Gasteiger partial charge in [-0.3, -0.25) is 4.79 Å². The monoisotopic (exact) mass is 373 g/mol. The van der Waals surface area contributed by atoms with Crippen LogP contribution in [0.2, 0.25) is 0 Å². The fraction of sp³-hybridized carbons (Fsp3) is 0.474. The molecule has 6 nitrogen and oxygen atoms in total. The van der Waals surface area contributed by atoms with E-state index < -0.39 is 0 Å². The van der Waals surface area contributed by atoms with Gasteiger partial charge < -0.3 is 19.7 Å². The number of carbonyl (C=O) groups is 1. The molecule has 7 heteroatoms. The second kappa shape index (κ2) is 7.25. The van der Waals surface area contributed by atoms with Crippen molar-refractivity contribution in [2.45, 2.75) is 32.3 Å². The van der Waals surface area contributed by atoms with E-state index in [2.05, 4.69) is 27.3 Å². The molecule has 0 radical (unpaired) electrons. The summed E-state index contributed by atoms with van der Waals surface area (Å²) in [4.78, 5) is 20.3. The first-order chi connectivity index (χ1) is 12.6. The molecular weight excluding hydrogens is 350 g/mol. The Hall–Kier alpha value is -2.12. The van der Waals surface area contributed by atoms with E-state index in [0.717, 1.165) is 47.6 Å². The van der Waals surface area contributed by atoms with Gasteiger partial charge in [0.15, 0.2) is 5.13 Å². The van der Waals surface area contributed by atoms with Crippen LogP contribution in [0.3, 0.4) is 0 Å². The maximum Gasteiger partial charge on any atom is 0.226 e. The van der Waals surface area contributed by atoms with E-state index in [0.29, 0.717) is 12.2 Å². The Bertz CT molecular complexity index is 782. The Labute approximate surface area is 157 Å². The zero-order valence-corrected chi connectivity index (χ0v) is 15.8. The van der Waals surface area contributed by atoms with E-state index in [1.54, 1.807) is 11.3 Å². The van der Waals surface area contributed by atoms with Gasteiger partial charge in [-0.05, 0) is 31.5 Å². The normalized spacial score (nSPS) is 20.0. The zero-order valence-electron chi connectivity index (χ0n) is 15.0. The number of aromatic nitrogens is 1. The number of anilines is 2. The molecular formula is C19H23N3O3S.